The van der Waals surface area contributed by atoms with Crippen LogP contribution in [0.5, 0.6) is 0 Å². The minimum Gasteiger partial charge on any atom is -0.481 e. The molecule has 2 aromatic rings. The smallest absolute Gasteiger partial charge is 0.303 e. The second kappa shape index (κ2) is 5.65. The molecule has 21 heavy (non-hydrogen) atoms. The summed E-state index contributed by atoms with van der Waals surface area (Å²) in [5, 5.41) is 12.7. The third-order valence-electron chi connectivity index (χ3n) is 3.63. The highest BCUT2D eigenvalue weighted by atomic mass is 16.5. The van der Waals surface area contributed by atoms with Crippen molar-refractivity contribution in [1.82, 2.24) is 15.0 Å². The van der Waals surface area contributed by atoms with Crippen molar-refractivity contribution in [3.05, 3.63) is 35.7 Å². The van der Waals surface area contributed by atoms with Gasteiger partial charge in [0.15, 0.2) is 5.82 Å². The number of hydrogen-bond acceptors (Lipinski definition) is 5. The van der Waals surface area contributed by atoms with Crippen LogP contribution in [0.1, 0.15) is 17.8 Å². The molecule has 6 nitrogen and oxygen atoms in total. The summed E-state index contributed by atoms with van der Waals surface area (Å²) in [6.45, 7) is 4.19. The van der Waals surface area contributed by atoms with E-state index < -0.39 is 5.97 Å². The summed E-state index contributed by atoms with van der Waals surface area (Å²) in [5.41, 5.74) is 2.09. The summed E-state index contributed by atoms with van der Waals surface area (Å²) in [5.74, 6) is 0.666. The molecule has 3 rings (SSSR count). The van der Waals surface area contributed by atoms with Crippen LogP contribution < -0.4 is 0 Å². The van der Waals surface area contributed by atoms with E-state index >= 15 is 0 Å². The molecule has 0 aliphatic carbocycles. The Morgan fingerprint density at radius 1 is 1.38 bits per heavy atom. The van der Waals surface area contributed by atoms with E-state index in [1.165, 1.54) is 5.56 Å². The quantitative estimate of drug-likeness (QED) is 0.905. The highest BCUT2D eigenvalue weighted by Crippen LogP contribution is 2.22. The topological polar surface area (TPSA) is 79.5 Å². The molecule has 0 amide bonds. The standard InChI is InChI=1S/C15H17N3O3/c1-10-2-4-12(5-3-10)15-16-13(17-21-15)9-18-7-11(8-18)6-14(19)20/h2-5,11H,6-9H2,1H3,(H,19,20). The monoisotopic (exact) mass is 287 g/mol. The lowest BCUT2D eigenvalue weighted by molar-refractivity contribution is -0.139. The number of rotatable bonds is 5. The van der Waals surface area contributed by atoms with Crippen molar-refractivity contribution in [2.24, 2.45) is 5.92 Å². The van der Waals surface area contributed by atoms with Gasteiger partial charge in [-0.25, -0.2) is 0 Å². The van der Waals surface area contributed by atoms with Crippen LogP contribution in [-0.2, 0) is 11.3 Å². The molecular formula is C15H17N3O3. The number of likely N-dealkylation sites (tertiary alicyclic amines) is 1. The van der Waals surface area contributed by atoms with Crippen molar-refractivity contribution < 1.29 is 14.4 Å². The Kier molecular flexibility index (Phi) is 3.70. The van der Waals surface area contributed by atoms with Crippen LogP contribution in [-0.4, -0.2) is 39.2 Å². The lowest BCUT2D eigenvalue weighted by atomic mass is 9.96. The average molecular weight is 287 g/mol. The Bertz CT molecular complexity index is 630. The minimum atomic E-state index is -0.735. The number of nitrogens with zero attached hydrogens (tertiary/aromatic N) is 3. The van der Waals surface area contributed by atoms with Gasteiger partial charge in [0.2, 0.25) is 0 Å². The molecule has 0 unspecified atom stereocenters. The van der Waals surface area contributed by atoms with Gasteiger partial charge in [0, 0.05) is 18.7 Å². The van der Waals surface area contributed by atoms with Crippen LogP contribution >= 0.6 is 0 Å². The van der Waals surface area contributed by atoms with Crippen molar-refractivity contribution in [1.29, 1.82) is 0 Å². The van der Waals surface area contributed by atoms with Crippen LogP contribution in [0.25, 0.3) is 11.5 Å². The summed E-state index contributed by atoms with van der Waals surface area (Å²) < 4.78 is 5.27. The zero-order valence-corrected chi connectivity index (χ0v) is 11.8. The number of aromatic nitrogens is 2. The first-order valence-electron chi connectivity index (χ1n) is 6.94. The number of aryl methyl sites for hydroxylation is 1. The first-order chi connectivity index (χ1) is 10.1. The summed E-state index contributed by atoms with van der Waals surface area (Å²) in [6.07, 6.45) is 0.233. The number of carbonyl (C=O) groups is 1. The molecule has 0 atom stereocenters. The van der Waals surface area contributed by atoms with E-state index in [9.17, 15) is 4.79 Å². The molecule has 1 aliphatic rings. The Labute approximate surface area is 122 Å². The highest BCUT2D eigenvalue weighted by molar-refractivity contribution is 5.67. The lowest BCUT2D eigenvalue weighted by Crippen LogP contribution is -2.46. The number of carboxylic acid groups (broad SMARTS) is 1. The van der Waals surface area contributed by atoms with Crippen molar-refractivity contribution in [2.75, 3.05) is 13.1 Å². The van der Waals surface area contributed by atoms with Gasteiger partial charge in [0.1, 0.15) is 0 Å². The predicted molar refractivity (Wildman–Crippen MR) is 75.5 cm³/mol. The Morgan fingerprint density at radius 2 is 2.10 bits per heavy atom. The summed E-state index contributed by atoms with van der Waals surface area (Å²) in [6, 6.07) is 7.93. The molecule has 6 heteroatoms. The minimum absolute atomic E-state index is 0.233. The van der Waals surface area contributed by atoms with E-state index in [2.05, 4.69) is 15.0 Å². The van der Waals surface area contributed by atoms with Gasteiger partial charge in [-0.3, -0.25) is 9.69 Å². The largest absolute Gasteiger partial charge is 0.481 e. The number of aliphatic carboxylic acids is 1. The van der Waals surface area contributed by atoms with E-state index in [0.717, 1.165) is 18.7 Å². The second-order valence-corrected chi connectivity index (χ2v) is 5.54. The molecule has 2 heterocycles. The maximum atomic E-state index is 10.6. The third kappa shape index (κ3) is 3.28. The maximum absolute atomic E-state index is 10.6. The van der Waals surface area contributed by atoms with Crippen molar-refractivity contribution in [3.63, 3.8) is 0 Å². The number of hydrogen-bond donors (Lipinski definition) is 1. The zero-order chi connectivity index (χ0) is 14.8. The first-order valence-corrected chi connectivity index (χ1v) is 6.94. The Morgan fingerprint density at radius 3 is 2.76 bits per heavy atom. The fourth-order valence-electron chi connectivity index (χ4n) is 2.51. The first kappa shape index (κ1) is 13.8. The number of benzene rings is 1. The van der Waals surface area contributed by atoms with Crippen molar-refractivity contribution in [2.45, 2.75) is 19.9 Å². The summed E-state index contributed by atoms with van der Waals surface area (Å²) in [4.78, 5) is 17.1. The molecule has 1 aromatic carbocycles. The third-order valence-corrected chi connectivity index (χ3v) is 3.63. The fourth-order valence-corrected chi connectivity index (χ4v) is 2.51. The fraction of sp³-hybridized carbons (Fsp3) is 0.400. The molecule has 1 N–H and O–H groups in total. The SMILES string of the molecule is Cc1ccc(-c2nc(CN3CC(CC(=O)O)C3)no2)cc1. The molecule has 1 fully saturated rings. The van der Waals surface area contributed by atoms with E-state index in [-0.39, 0.29) is 12.3 Å². The molecular weight excluding hydrogens is 270 g/mol. The average Bonchev–Trinajstić information content (AvgIpc) is 2.85. The van der Waals surface area contributed by atoms with Crippen molar-refractivity contribution in [3.8, 4) is 11.5 Å². The van der Waals surface area contributed by atoms with Crippen LogP contribution in [0.3, 0.4) is 0 Å². The molecule has 0 bridgehead atoms. The molecule has 0 radical (unpaired) electrons. The van der Waals surface area contributed by atoms with Crippen LogP contribution in [0.4, 0.5) is 0 Å². The van der Waals surface area contributed by atoms with E-state index in [1.54, 1.807) is 0 Å². The summed E-state index contributed by atoms with van der Waals surface area (Å²) in [7, 11) is 0. The Balaban J connectivity index is 1.57. The van der Waals surface area contributed by atoms with Crippen LogP contribution in [0.15, 0.2) is 28.8 Å². The van der Waals surface area contributed by atoms with Crippen molar-refractivity contribution >= 4 is 5.97 Å². The number of carboxylic acids is 1. The Hall–Kier alpha value is -2.21. The van der Waals surface area contributed by atoms with Gasteiger partial charge in [0.05, 0.1) is 13.0 Å². The molecule has 1 aliphatic heterocycles. The van der Waals surface area contributed by atoms with Gasteiger partial charge in [-0.2, -0.15) is 4.98 Å². The molecule has 110 valence electrons. The molecule has 0 saturated carbocycles. The van der Waals surface area contributed by atoms with Crippen LogP contribution in [0, 0.1) is 12.8 Å². The summed E-state index contributed by atoms with van der Waals surface area (Å²) >= 11 is 0. The highest BCUT2D eigenvalue weighted by Gasteiger charge is 2.29. The van der Waals surface area contributed by atoms with Crippen LogP contribution in [0.2, 0.25) is 0 Å². The molecule has 1 saturated heterocycles. The normalized spacial score (nSPS) is 15.9. The van der Waals surface area contributed by atoms with E-state index in [1.807, 2.05) is 31.2 Å². The van der Waals surface area contributed by atoms with Gasteiger partial charge in [0.25, 0.3) is 5.89 Å². The molecule has 0 spiro atoms. The van der Waals surface area contributed by atoms with E-state index in [4.69, 9.17) is 9.63 Å². The maximum Gasteiger partial charge on any atom is 0.303 e. The van der Waals surface area contributed by atoms with Gasteiger partial charge in [-0.1, -0.05) is 22.9 Å². The van der Waals surface area contributed by atoms with Gasteiger partial charge in [-0.05, 0) is 25.0 Å². The van der Waals surface area contributed by atoms with Gasteiger partial charge < -0.3 is 9.63 Å². The lowest BCUT2D eigenvalue weighted by Gasteiger charge is -2.37. The molecule has 1 aromatic heterocycles. The van der Waals surface area contributed by atoms with Gasteiger partial charge in [-0.15, -0.1) is 0 Å². The predicted octanol–water partition coefficient (Wildman–Crippen LogP) is 1.95. The second-order valence-electron chi connectivity index (χ2n) is 5.54. The zero-order valence-electron chi connectivity index (χ0n) is 11.8. The van der Waals surface area contributed by atoms with E-state index in [0.29, 0.717) is 18.3 Å². The van der Waals surface area contributed by atoms with Gasteiger partial charge >= 0.3 is 5.97 Å².